The van der Waals surface area contributed by atoms with E-state index >= 15 is 0 Å². The molecule has 0 amide bonds. The molecule has 0 atom stereocenters. The summed E-state index contributed by atoms with van der Waals surface area (Å²) in [5, 5.41) is 2.45. The van der Waals surface area contributed by atoms with Gasteiger partial charge in [0.2, 0.25) is 0 Å². The zero-order valence-corrected chi connectivity index (χ0v) is 16.7. The number of thiazole rings is 1. The van der Waals surface area contributed by atoms with Crippen LogP contribution in [0.5, 0.6) is 0 Å². The van der Waals surface area contributed by atoms with Gasteiger partial charge >= 0.3 is 12.1 Å². The van der Waals surface area contributed by atoms with Crippen molar-refractivity contribution in [1.29, 1.82) is 0 Å². The van der Waals surface area contributed by atoms with E-state index in [-0.39, 0.29) is 18.2 Å². The number of rotatable bonds is 5. The number of carbonyl (C=O) groups is 1. The first-order valence-corrected chi connectivity index (χ1v) is 10.1. The van der Waals surface area contributed by atoms with Gasteiger partial charge in [0.15, 0.2) is 5.69 Å². The van der Waals surface area contributed by atoms with Gasteiger partial charge in [-0.3, -0.25) is 4.90 Å². The minimum Gasteiger partial charge on any atom is -0.461 e. The Kier molecular flexibility index (Phi) is 6.40. The molecule has 28 heavy (non-hydrogen) atoms. The third-order valence-electron chi connectivity index (χ3n) is 4.89. The molecule has 1 fully saturated rings. The molecule has 0 saturated carbocycles. The van der Waals surface area contributed by atoms with Crippen molar-refractivity contribution in [2.75, 3.05) is 26.2 Å². The van der Waals surface area contributed by atoms with E-state index in [0.29, 0.717) is 25.9 Å². The number of nitrogens with zero attached hydrogens (tertiary/aromatic N) is 2. The molecule has 8 heteroatoms. The molecule has 1 aliphatic heterocycles. The number of alkyl halides is 3. The van der Waals surface area contributed by atoms with Crippen LogP contribution in [0.4, 0.5) is 13.2 Å². The highest BCUT2D eigenvalue weighted by Gasteiger charge is 2.32. The first-order chi connectivity index (χ1) is 13.2. The summed E-state index contributed by atoms with van der Waals surface area (Å²) in [4.78, 5) is 18.1. The lowest BCUT2D eigenvalue weighted by Crippen LogP contribution is -2.40. The van der Waals surface area contributed by atoms with Crippen molar-refractivity contribution in [3.8, 4) is 10.6 Å². The molecule has 2 aromatic rings. The third kappa shape index (κ3) is 5.54. The lowest BCUT2D eigenvalue weighted by molar-refractivity contribution is -0.148. The van der Waals surface area contributed by atoms with Crippen molar-refractivity contribution in [3.63, 3.8) is 0 Å². The molecule has 0 aliphatic carbocycles. The van der Waals surface area contributed by atoms with Gasteiger partial charge in [-0.25, -0.2) is 9.78 Å². The topological polar surface area (TPSA) is 42.4 Å². The van der Waals surface area contributed by atoms with Crippen LogP contribution in [-0.2, 0) is 4.74 Å². The van der Waals surface area contributed by atoms with Crippen molar-refractivity contribution >= 4 is 17.3 Å². The Morgan fingerprint density at radius 2 is 2.00 bits per heavy atom. The van der Waals surface area contributed by atoms with Gasteiger partial charge < -0.3 is 4.74 Å². The molecule has 1 aromatic carbocycles. The Balaban J connectivity index is 1.50. The van der Waals surface area contributed by atoms with Crippen LogP contribution in [0.15, 0.2) is 23.6 Å². The molecule has 0 unspecified atom stereocenters. The van der Waals surface area contributed by atoms with E-state index in [0.717, 1.165) is 16.1 Å². The fourth-order valence-corrected chi connectivity index (χ4v) is 4.26. The lowest BCUT2D eigenvalue weighted by Gasteiger charge is -2.31. The van der Waals surface area contributed by atoms with Crippen molar-refractivity contribution < 1.29 is 22.7 Å². The Morgan fingerprint density at radius 3 is 2.64 bits per heavy atom. The Bertz CT molecular complexity index is 827. The summed E-state index contributed by atoms with van der Waals surface area (Å²) < 4.78 is 42.7. The lowest BCUT2D eigenvalue weighted by atomic mass is 9.98. The van der Waals surface area contributed by atoms with Gasteiger partial charge in [-0.2, -0.15) is 13.2 Å². The van der Waals surface area contributed by atoms with Crippen molar-refractivity contribution in [2.45, 2.75) is 32.9 Å². The number of hydrogen-bond donors (Lipinski definition) is 0. The van der Waals surface area contributed by atoms with Crippen LogP contribution in [0.1, 0.15) is 34.5 Å². The Morgan fingerprint density at radius 1 is 1.29 bits per heavy atom. The summed E-state index contributed by atoms with van der Waals surface area (Å²) in [7, 11) is 0. The molecule has 1 aromatic heterocycles. The summed E-state index contributed by atoms with van der Waals surface area (Å²) in [6, 6.07) is 6.07. The van der Waals surface area contributed by atoms with E-state index in [1.165, 1.54) is 21.8 Å². The number of aromatic nitrogens is 1. The van der Waals surface area contributed by atoms with Crippen LogP contribution in [-0.4, -0.2) is 48.3 Å². The van der Waals surface area contributed by atoms with E-state index in [1.807, 2.05) is 26.0 Å². The molecule has 0 N–H and O–H groups in total. The van der Waals surface area contributed by atoms with Crippen LogP contribution in [0.2, 0.25) is 0 Å². The molecule has 0 radical (unpaired) electrons. The number of halogens is 3. The highest BCUT2D eigenvalue weighted by atomic mass is 32.1. The van der Waals surface area contributed by atoms with Crippen LogP contribution in [0.3, 0.4) is 0 Å². The number of aryl methyl sites for hydroxylation is 2. The average molecular weight is 412 g/mol. The molecular weight excluding hydrogens is 389 g/mol. The number of piperidine rings is 1. The largest absolute Gasteiger partial charge is 0.461 e. The summed E-state index contributed by atoms with van der Waals surface area (Å²) in [5.74, 6) is -0.393. The third-order valence-corrected chi connectivity index (χ3v) is 5.76. The zero-order chi connectivity index (χ0) is 20.3. The standard InChI is InChI=1S/C20H23F3N2O2S/c1-13-3-4-16(14(2)9-13)18-24-17(11-28-18)19(26)27-10-15-5-7-25(8-6-15)12-20(21,22)23/h3-4,9,11,15H,5-8,10,12H2,1-2H3. The van der Waals surface area contributed by atoms with Gasteiger partial charge in [-0.05, 0) is 51.3 Å². The molecule has 1 saturated heterocycles. The van der Waals surface area contributed by atoms with Crippen LogP contribution in [0.25, 0.3) is 10.6 Å². The molecule has 4 nitrogen and oxygen atoms in total. The molecule has 3 rings (SSSR count). The predicted molar refractivity (Wildman–Crippen MR) is 103 cm³/mol. The normalized spacial score (nSPS) is 16.3. The average Bonchev–Trinajstić information content (AvgIpc) is 3.09. The summed E-state index contributed by atoms with van der Waals surface area (Å²) in [6.07, 6.45) is -2.99. The summed E-state index contributed by atoms with van der Waals surface area (Å²) in [6.45, 7) is 4.11. The molecule has 2 heterocycles. The second kappa shape index (κ2) is 8.61. The number of ether oxygens (including phenoxy) is 1. The van der Waals surface area contributed by atoms with Gasteiger partial charge in [-0.1, -0.05) is 23.8 Å². The Hall–Kier alpha value is -1.93. The van der Waals surface area contributed by atoms with Gasteiger partial charge in [0.05, 0.1) is 13.2 Å². The molecule has 0 bridgehead atoms. The Labute approximate surface area is 166 Å². The van der Waals surface area contributed by atoms with Gasteiger partial charge in [0, 0.05) is 10.9 Å². The van der Waals surface area contributed by atoms with Crippen molar-refractivity contribution in [1.82, 2.24) is 9.88 Å². The number of esters is 1. The molecule has 1 aliphatic rings. The zero-order valence-electron chi connectivity index (χ0n) is 15.9. The SMILES string of the molecule is Cc1ccc(-c2nc(C(=O)OCC3CCN(CC(F)(F)F)CC3)cs2)c(C)c1. The molecule has 0 spiro atoms. The fourth-order valence-electron chi connectivity index (χ4n) is 3.38. The van der Waals surface area contributed by atoms with Crippen LogP contribution < -0.4 is 0 Å². The maximum atomic E-state index is 12.4. The number of likely N-dealkylation sites (tertiary alicyclic amines) is 1. The minimum atomic E-state index is -4.17. The molecule has 152 valence electrons. The number of carbonyl (C=O) groups excluding carboxylic acids is 1. The first-order valence-electron chi connectivity index (χ1n) is 9.20. The number of benzene rings is 1. The van der Waals surface area contributed by atoms with E-state index in [9.17, 15) is 18.0 Å². The number of hydrogen-bond acceptors (Lipinski definition) is 5. The smallest absolute Gasteiger partial charge is 0.401 e. The fraction of sp³-hybridized carbons (Fsp3) is 0.500. The van der Waals surface area contributed by atoms with E-state index in [1.54, 1.807) is 5.38 Å². The minimum absolute atomic E-state index is 0.0888. The van der Waals surface area contributed by atoms with Crippen LogP contribution >= 0.6 is 11.3 Å². The molecular formula is C20H23F3N2O2S. The maximum absolute atomic E-state index is 12.4. The first kappa shape index (κ1) is 20.8. The highest BCUT2D eigenvalue weighted by molar-refractivity contribution is 7.13. The maximum Gasteiger partial charge on any atom is 0.401 e. The highest BCUT2D eigenvalue weighted by Crippen LogP contribution is 2.28. The van der Waals surface area contributed by atoms with Crippen LogP contribution in [0, 0.1) is 19.8 Å². The second-order valence-electron chi connectivity index (χ2n) is 7.29. The van der Waals surface area contributed by atoms with Gasteiger partial charge in [0.1, 0.15) is 5.01 Å². The van der Waals surface area contributed by atoms with E-state index in [4.69, 9.17) is 4.74 Å². The predicted octanol–water partition coefficient (Wildman–Crippen LogP) is 4.86. The second-order valence-corrected chi connectivity index (χ2v) is 8.15. The van der Waals surface area contributed by atoms with Crippen molar-refractivity contribution in [2.24, 2.45) is 5.92 Å². The van der Waals surface area contributed by atoms with Crippen molar-refractivity contribution in [3.05, 3.63) is 40.4 Å². The van der Waals surface area contributed by atoms with Gasteiger partial charge in [0.25, 0.3) is 0 Å². The van der Waals surface area contributed by atoms with E-state index < -0.39 is 18.7 Å². The monoisotopic (exact) mass is 412 g/mol. The van der Waals surface area contributed by atoms with Gasteiger partial charge in [-0.15, -0.1) is 11.3 Å². The quantitative estimate of drug-likeness (QED) is 0.658. The summed E-state index contributed by atoms with van der Waals surface area (Å²) in [5.41, 5.74) is 3.53. The summed E-state index contributed by atoms with van der Waals surface area (Å²) >= 11 is 1.39. The van der Waals surface area contributed by atoms with E-state index in [2.05, 4.69) is 11.1 Å².